The van der Waals surface area contributed by atoms with Crippen molar-refractivity contribution in [2.45, 2.75) is 0 Å². The summed E-state index contributed by atoms with van der Waals surface area (Å²) in [7, 11) is 2.13. The van der Waals surface area contributed by atoms with Gasteiger partial charge in [-0.3, -0.25) is 9.89 Å². The maximum Gasteiger partial charge on any atom is 0.255 e. The summed E-state index contributed by atoms with van der Waals surface area (Å²) in [5, 5.41) is 11.6. The lowest BCUT2D eigenvalue weighted by Crippen LogP contribution is -2.44. The number of aromatic amines is 1. The van der Waals surface area contributed by atoms with Crippen molar-refractivity contribution in [2.75, 3.05) is 43.4 Å². The Balaban J connectivity index is 1.34. The smallest absolute Gasteiger partial charge is 0.255 e. The van der Waals surface area contributed by atoms with E-state index in [0.29, 0.717) is 5.56 Å². The number of benzene rings is 3. The number of H-pyrrole nitrogens is 1. The van der Waals surface area contributed by atoms with Crippen LogP contribution < -0.4 is 10.2 Å². The van der Waals surface area contributed by atoms with Crippen molar-refractivity contribution in [3.63, 3.8) is 0 Å². The fraction of sp³-hybridized carbons (Fsp3) is 0.200. The second kappa shape index (κ2) is 8.24. The van der Waals surface area contributed by atoms with Crippen LogP contribution in [0.25, 0.3) is 22.0 Å². The second-order valence-corrected chi connectivity index (χ2v) is 8.00. The van der Waals surface area contributed by atoms with Crippen molar-refractivity contribution in [1.29, 1.82) is 0 Å². The van der Waals surface area contributed by atoms with E-state index < -0.39 is 0 Å². The minimum atomic E-state index is -0.125. The first-order valence-corrected chi connectivity index (χ1v) is 10.6. The zero-order valence-electron chi connectivity index (χ0n) is 17.5. The van der Waals surface area contributed by atoms with E-state index in [1.165, 1.54) is 0 Å². The first-order chi connectivity index (χ1) is 15.2. The van der Waals surface area contributed by atoms with Crippen LogP contribution >= 0.6 is 0 Å². The summed E-state index contributed by atoms with van der Waals surface area (Å²) in [5.74, 6) is 0.796. The van der Waals surface area contributed by atoms with Gasteiger partial charge < -0.3 is 15.1 Å². The summed E-state index contributed by atoms with van der Waals surface area (Å²) in [6.07, 6.45) is 0. The van der Waals surface area contributed by atoms with Gasteiger partial charge >= 0.3 is 0 Å². The third-order valence-corrected chi connectivity index (χ3v) is 5.86. The largest absolute Gasteiger partial charge is 0.352 e. The van der Waals surface area contributed by atoms with Crippen LogP contribution in [-0.4, -0.2) is 54.2 Å². The molecule has 1 amide bonds. The highest BCUT2D eigenvalue weighted by Crippen LogP contribution is 2.27. The zero-order valence-corrected chi connectivity index (χ0v) is 17.5. The van der Waals surface area contributed by atoms with Gasteiger partial charge in [-0.05, 0) is 48.5 Å². The molecule has 156 valence electrons. The Morgan fingerprint density at radius 1 is 0.903 bits per heavy atom. The zero-order chi connectivity index (χ0) is 21.2. The quantitative estimate of drug-likeness (QED) is 0.527. The Labute approximate surface area is 181 Å². The van der Waals surface area contributed by atoms with Gasteiger partial charge in [0.1, 0.15) is 0 Å². The van der Waals surface area contributed by atoms with Crippen LogP contribution in [0.2, 0.25) is 0 Å². The maximum absolute atomic E-state index is 12.9. The molecule has 1 aromatic heterocycles. The van der Waals surface area contributed by atoms with Gasteiger partial charge in [0.15, 0.2) is 5.82 Å². The number of carbonyl (C=O) groups excluding carboxylic acids is 1. The average molecular weight is 412 g/mol. The highest BCUT2D eigenvalue weighted by Gasteiger charge is 2.19. The van der Waals surface area contributed by atoms with Crippen molar-refractivity contribution in [2.24, 2.45) is 0 Å². The molecule has 6 nitrogen and oxygen atoms in total. The molecule has 2 heterocycles. The molecule has 4 aromatic rings. The molecule has 0 bridgehead atoms. The number of nitrogens with one attached hydrogen (secondary N) is 2. The van der Waals surface area contributed by atoms with Crippen LogP contribution in [-0.2, 0) is 0 Å². The maximum atomic E-state index is 12.9. The molecule has 5 rings (SSSR count). The Hall–Kier alpha value is -3.64. The first kappa shape index (κ1) is 19.3. The van der Waals surface area contributed by atoms with E-state index in [1.54, 1.807) is 0 Å². The minimum absolute atomic E-state index is 0.125. The predicted octanol–water partition coefficient (Wildman–Crippen LogP) is 4.23. The number of rotatable bonds is 4. The lowest BCUT2D eigenvalue weighted by molar-refractivity contribution is 0.102. The molecule has 0 aliphatic carbocycles. The number of hydrogen-bond acceptors (Lipinski definition) is 4. The van der Waals surface area contributed by atoms with E-state index in [4.69, 9.17) is 0 Å². The topological polar surface area (TPSA) is 64.3 Å². The van der Waals surface area contributed by atoms with Crippen molar-refractivity contribution < 1.29 is 4.79 Å². The lowest BCUT2D eigenvalue weighted by atomic mass is 10.1. The summed E-state index contributed by atoms with van der Waals surface area (Å²) in [6.45, 7) is 3.88. The van der Waals surface area contributed by atoms with Crippen molar-refractivity contribution >= 4 is 28.3 Å². The molecule has 1 aliphatic rings. The third kappa shape index (κ3) is 4.02. The van der Waals surface area contributed by atoms with Crippen LogP contribution in [0.5, 0.6) is 0 Å². The fourth-order valence-corrected chi connectivity index (χ4v) is 3.98. The standard InChI is InChI=1S/C25H25N5O/c1-29-13-15-30(16-14-29)24-22-17-20(9-12-23(22)27-28-24)25(31)26-21-10-7-19(8-11-21)18-5-3-2-4-6-18/h2-12,17H,13-16H2,1H3,(H,26,31)(H,27,28). The van der Waals surface area contributed by atoms with Gasteiger partial charge in [-0.2, -0.15) is 5.10 Å². The molecule has 1 saturated heterocycles. The van der Waals surface area contributed by atoms with E-state index in [1.807, 2.05) is 60.7 Å². The van der Waals surface area contributed by atoms with Gasteiger partial charge in [-0.1, -0.05) is 42.5 Å². The van der Waals surface area contributed by atoms with Crippen molar-refractivity contribution in [1.82, 2.24) is 15.1 Å². The molecule has 6 heteroatoms. The molecule has 1 aliphatic heterocycles. The van der Waals surface area contributed by atoms with Gasteiger partial charge in [0, 0.05) is 42.8 Å². The summed E-state index contributed by atoms with van der Waals surface area (Å²) >= 11 is 0. The van der Waals surface area contributed by atoms with E-state index in [0.717, 1.165) is 59.7 Å². The number of nitrogens with zero attached hydrogens (tertiary/aromatic N) is 3. The monoisotopic (exact) mass is 411 g/mol. The third-order valence-electron chi connectivity index (χ3n) is 5.86. The number of aromatic nitrogens is 2. The predicted molar refractivity (Wildman–Crippen MR) is 126 cm³/mol. The Bertz CT molecular complexity index is 1190. The molecule has 0 spiro atoms. The Kier molecular flexibility index (Phi) is 5.14. The molecular weight excluding hydrogens is 386 g/mol. The van der Waals surface area contributed by atoms with Gasteiger partial charge in [-0.15, -0.1) is 0 Å². The summed E-state index contributed by atoms with van der Waals surface area (Å²) in [4.78, 5) is 17.5. The van der Waals surface area contributed by atoms with Gasteiger partial charge in [0.2, 0.25) is 0 Å². The molecule has 3 aromatic carbocycles. The molecule has 2 N–H and O–H groups in total. The minimum Gasteiger partial charge on any atom is -0.352 e. The second-order valence-electron chi connectivity index (χ2n) is 8.00. The number of hydrogen-bond donors (Lipinski definition) is 2. The molecule has 0 unspecified atom stereocenters. The summed E-state index contributed by atoms with van der Waals surface area (Å²) in [5.41, 5.74) is 4.61. The number of piperazine rings is 1. The molecule has 0 radical (unpaired) electrons. The van der Waals surface area contributed by atoms with E-state index in [-0.39, 0.29) is 5.91 Å². The molecule has 0 saturated carbocycles. The van der Waals surface area contributed by atoms with Crippen LogP contribution in [0.1, 0.15) is 10.4 Å². The van der Waals surface area contributed by atoms with Crippen molar-refractivity contribution in [3.05, 3.63) is 78.4 Å². The van der Waals surface area contributed by atoms with E-state index >= 15 is 0 Å². The van der Waals surface area contributed by atoms with E-state index in [2.05, 4.69) is 44.5 Å². The SMILES string of the molecule is CN1CCN(c2n[nH]c3ccc(C(=O)Nc4ccc(-c5ccccc5)cc4)cc23)CC1. The summed E-state index contributed by atoms with van der Waals surface area (Å²) in [6, 6.07) is 23.8. The van der Waals surface area contributed by atoms with Crippen LogP contribution in [0, 0.1) is 0 Å². The number of anilines is 2. The van der Waals surface area contributed by atoms with Crippen molar-refractivity contribution in [3.8, 4) is 11.1 Å². The molecule has 0 atom stereocenters. The molecule has 1 fully saturated rings. The average Bonchev–Trinajstić information content (AvgIpc) is 3.24. The Morgan fingerprint density at radius 2 is 1.61 bits per heavy atom. The number of likely N-dealkylation sites (N-methyl/N-ethyl adjacent to an activating group) is 1. The summed E-state index contributed by atoms with van der Waals surface area (Å²) < 4.78 is 0. The van der Waals surface area contributed by atoms with Gasteiger partial charge in [0.05, 0.1) is 5.52 Å². The normalized spacial score (nSPS) is 14.7. The Morgan fingerprint density at radius 3 is 2.35 bits per heavy atom. The number of carbonyl (C=O) groups is 1. The first-order valence-electron chi connectivity index (χ1n) is 10.6. The molecule has 31 heavy (non-hydrogen) atoms. The molecular formula is C25H25N5O. The number of amides is 1. The fourth-order valence-electron chi connectivity index (χ4n) is 3.98. The highest BCUT2D eigenvalue weighted by atomic mass is 16.1. The number of fused-ring (bicyclic) bond motifs is 1. The van der Waals surface area contributed by atoms with Gasteiger partial charge in [0.25, 0.3) is 5.91 Å². The van der Waals surface area contributed by atoms with Crippen LogP contribution in [0.3, 0.4) is 0 Å². The van der Waals surface area contributed by atoms with Gasteiger partial charge in [-0.25, -0.2) is 0 Å². The lowest BCUT2D eigenvalue weighted by Gasteiger charge is -2.32. The van der Waals surface area contributed by atoms with Crippen LogP contribution in [0.4, 0.5) is 11.5 Å². The van der Waals surface area contributed by atoms with Crippen LogP contribution in [0.15, 0.2) is 72.8 Å². The highest BCUT2D eigenvalue weighted by molar-refractivity contribution is 6.07. The van der Waals surface area contributed by atoms with E-state index in [9.17, 15) is 4.79 Å².